The lowest BCUT2D eigenvalue weighted by Gasteiger charge is -2.04. The average Bonchev–Trinajstić information content (AvgIpc) is 3.32. The molecule has 0 bridgehead atoms. The number of oxazole rings is 1. The minimum atomic E-state index is -0.179. The van der Waals surface area contributed by atoms with Crippen LogP contribution in [0.15, 0.2) is 34.9 Å². The molecule has 2 aromatic rings. The molecule has 0 radical (unpaired) electrons. The lowest BCUT2D eigenvalue weighted by molar-refractivity contribution is 0.0948. The number of aromatic nitrogens is 1. The SMILES string of the molecule is CCCCCCCCCCCCCCCCCCNC(=O)c1coc(-c2ccc(N)cc2)n1. The standard InChI is InChI=1S/C28H45N3O2/c1-2-3-4-5-6-7-8-9-10-11-12-13-14-15-16-17-22-30-27(32)26-23-33-28(31-26)24-18-20-25(29)21-19-24/h18-21,23H,2-17,22,29H2,1H3,(H,30,32). The highest BCUT2D eigenvalue weighted by atomic mass is 16.3. The van der Waals surface area contributed by atoms with Crippen LogP contribution in [0, 0.1) is 0 Å². The van der Waals surface area contributed by atoms with E-state index in [0.29, 0.717) is 23.8 Å². The number of amides is 1. The van der Waals surface area contributed by atoms with Gasteiger partial charge in [0.25, 0.3) is 5.91 Å². The normalized spacial score (nSPS) is 11.1. The van der Waals surface area contributed by atoms with Gasteiger partial charge in [-0.25, -0.2) is 4.98 Å². The Balaban J connectivity index is 1.39. The first kappa shape index (κ1) is 26.9. The van der Waals surface area contributed by atoms with E-state index < -0.39 is 0 Å². The fourth-order valence-electron chi connectivity index (χ4n) is 4.10. The smallest absolute Gasteiger partial charge is 0.273 e. The molecular weight excluding hydrogens is 410 g/mol. The van der Waals surface area contributed by atoms with Crippen LogP contribution < -0.4 is 11.1 Å². The lowest BCUT2D eigenvalue weighted by Crippen LogP contribution is -2.24. The third kappa shape index (κ3) is 11.9. The van der Waals surface area contributed by atoms with E-state index in [1.54, 1.807) is 12.1 Å². The van der Waals surface area contributed by atoms with Crippen LogP contribution in [0.3, 0.4) is 0 Å². The number of nitrogens with two attached hydrogens (primary N) is 1. The second-order valence-electron chi connectivity index (χ2n) is 9.22. The number of nitrogens with zero attached hydrogens (tertiary/aromatic N) is 1. The van der Waals surface area contributed by atoms with Crippen molar-refractivity contribution in [1.29, 1.82) is 0 Å². The van der Waals surface area contributed by atoms with Gasteiger partial charge in [-0.3, -0.25) is 4.79 Å². The van der Waals surface area contributed by atoms with E-state index >= 15 is 0 Å². The lowest BCUT2D eigenvalue weighted by atomic mass is 10.0. The molecule has 3 N–H and O–H groups in total. The number of nitrogens with one attached hydrogen (secondary N) is 1. The van der Waals surface area contributed by atoms with Crippen LogP contribution in [0.25, 0.3) is 11.5 Å². The van der Waals surface area contributed by atoms with Gasteiger partial charge in [0, 0.05) is 17.8 Å². The van der Waals surface area contributed by atoms with Gasteiger partial charge >= 0.3 is 0 Å². The van der Waals surface area contributed by atoms with Crippen molar-refractivity contribution in [2.75, 3.05) is 12.3 Å². The van der Waals surface area contributed by atoms with Gasteiger partial charge in [0.1, 0.15) is 6.26 Å². The first-order chi connectivity index (χ1) is 16.2. The fraction of sp³-hybridized carbons (Fsp3) is 0.643. The summed E-state index contributed by atoms with van der Waals surface area (Å²) < 4.78 is 5.44. The maximum absolute atomic E-state index is 12.3. The van der Waals surface area contributed by atoms with Gasteiger partial charge in [0.05, 0.1) is 0 Å². The van der Waals surface area contributed by atoms with E-state index in [1.807, 2.05) is 12.1 Å². The van der Waals surface area contributed by atoms with E-state index in [-0.39, 0.29) is 5.91 Å². The summed E-state index contributed by atoms with van der Waals surface area (Å²) in [7, 11) is 0. The van der Waals surface area contributed by atoms with Crippen molar-refractivity contribution in [3.8, 4) is 11.5 Å². The highest BCUT2D eigenvalue weighted by molar-refractivity contribution is 5.92. The summed E-state index contributed by atoms with van der Waals surface area (Å²) in [6, 6.07) is 7.24. The summed E-state index contributed by atoms with van der Waals surface area (Å²) in [5, 5.41) is 2.94. The predicted octanol–water partition coefficient (Wildman–Crippen LogP) is 7.92. The Labute approximate surface area is 200 Å². The van der Waals surface area contributed by atoms with Crippen LogP contribution in [-0.4, -0.2) is 17.4 Å². The Morgan fingerprint density at radius 1 is 0.788 bits per heavy atom. The molecule has 1 aromatic carbocycles. The molecule has 0 aliphatic heterocycles. The van der Waals surface area contributed by atoms with Gasteiger partial charge in [-0.1, -0.05) is 103 Å². The second-order valence-corrected chi connectivity index (χ2v) is 9.22. The largest absolute Gasteiger partial charge is 0.444 e. The summed E-state index contributed by atoms with van der Waals surface area (Å²) in [6.07, 6.45) is 23.0. The molecule has 2 rings (SSSR count). The Kier molecular flexibility index (Phi) is 14.1. The number of anilines is 1. The van der Waals surface area contributed by atoms with E-state index in [1.165, 1.54) is 96.2 Å². The molecule has 0 spiro atoms. The molecule has 5 heteroatoms. The third-order valence-electron chi connectivity index (χ3n) is 6.21. The average molecular weight is 456 g/mol. The zero-order valence-electron chi connectivity index (χ0n) is 20.7. The van der Waals surface area contributed by atoms with Crippen LogP contribution in [0.5, 0.6) is 0 Å². The molecular formula is C28H45N3O2. The van der Waals surface area contributed by atoms with Crippen molar-refractivity contribution < 1.29 is 9.21 Å². The fourth-order valence-corrected chi connectivity index (χ4v) is 4.10. The molecule has 0 aliphatic carbocycles. The molecule has 1 heterocycles. The van der Waals surface area contributed by atoms with Gasteiger partial charge in [-0.2, -0.15) is 0 Å². The summed E-state index contributed by atoms with van der Waals surface area (Å²) in [5.41, 5.74) is 7.50. The van der Waals surface area contributed by atoms with Crippen LogP contribution in [-0.2, 0) is 0 Å². The highest BCUT2D eigenvalue weighted by Gasteiger charge is 2.12. The van der Waals surface area contributed by atoms with Crippen molar-refractivity contribution in [3.63, 3.8) is 0 Å². The molecule has 0 fully saturated rings. The number of nitrogen functional groups attached to an aromatic ring is 1. The minimum absolute atomic E-state index is 0.179. The molecule has 33 heavy (non-hydrogen) atoms. The number of rotatable bonds is 19. The Bertz CT molecular complexity index is 755. The second kappa shape index (κ2) is 17.2. The van der Waals surface area contributed by atoms with Crippen molar-refractivity contribution in [2.45, 2.75) is 110 Å². The molecule has 0 atom stereocenters. The number of hydrogen-bond donors (Lipinski definition) is 2. The number of hydrogen-bond acceptors (Lipinski definition) is 4. The van der Waals surface area contributed by atoms with E-state index in [9.17, 15) is 4.79 Å². The van der Waals surface area contributed by atoms with Gasteiger partial charge in [0.15, 0.2) is 5.69 Å². The first-order valence-electron chi connectivity index (χ1n) is 13.3. The summed E-state index contributed by atoms with van der Waals surface area (Å²) in [5.74, 6) is 0.254. The first-order valence-corrected chi connectivity index (χ1v) is 13.3. The van der Waals surface area contributed by atoms with Gasteiger partial charge in [-0.15, -0.1) is 0 Å². The molecule has 0 saturated carbocycles. The number of unbranched alkanes of at least 4 members (excludes halogenated alkanes) is 15. The minimum Gasteiger partial charge on any atom is -0.444 e. The molecule has 1 aromatic heterocycles. The Morgan fingerprint density at radius 3 is 1.79 bits per heavy atom. The van der Waals surface area contributed by atoms with Crippen molar-refractivity contribution in [1.82, 2.24) is 10.3 Å². The van der Waals surface area contributed by atoms with Crippen molar-refractivity contribution in [3.05, 3.63) is 36.2 Å². The van der Waals surface area contributed by atoms with E-state index in [0.717, 1.165) is 18.4 Å². The zero-order chi connectivity index (χ0) is 23.6. The number of benzene rings is 1. The number of carbonyl (C=O) groups excluding carboxylic acids is 1. The number of carbonyl (C=O) groups is 1. The summed E-state index contributed by atoms with van der Waals surface area (Å²) in [4.78, 5) is 16.5. The van der Waals surface area contributed by atoms with E-state index in [2.05, 4.69) is 17.2 Å². The molecule has 0 unspecified atom stereocenters. The van der Waals surface area contributed by atoms with Crippen molar-refractivity contribution >= 4 is 11.6 Å². The van der Waals surface area contributed by atoms with Crippen LogP contribution >= 0.6 is 0 Å². The maximum Gasteiger partial charge on any atom is 0.273 e. The zero-order valence-corrected chi connectivity index (χ0v) is 20.7. The Hall–Kier alpha value is -2.30. The molecule has 0 saturated heterocycles. The van der Waals surface area contributed by atoms with Crippen LogP contribution in [0.2, 0.25) is 0 Å². The van der Waals surface area contributed by atoms with Crippen molar-refractivity contribution in [2.24, 2.45) is 0 Å². The van der Waals surface area contributed by atoms with Gasteiger partial charge < -0.3 is 15.5 Å². The topological polar surface area (TPSA) is 81.2 Å². The molecule has 184 valence electrons. The van der Waals surface area contributed by atoms with Gasteiger partial charge in [0.2, 0.25) is 5.89 Å². The maximum atomic E-state index is 12.3. The molecule has 5 nitrogen and oxygen atoms in total. The van der Waals surface area contributed by atoms with Crippen LogP contribution in [0.1, 0.15) is 120 Å². The molecule has 1 amide bonds. The summed E-state index contributed by atoms with van der Waals surface area (Å²) >= 11 is 0. The monoisotopic (exact) mass is 455 g/mol. The highest BCUT2D eigenvalue weighted by Crippen LogP contribution is 2.20. The molecule has 0 aliphatic rings. The quantitative estimate of drug-likeness (QED) is 0.166. The third-order valence-corrected chi connectivity index (χ3v) is 6.21. The van der Waals surface area contributed by atoms with Gasteiger partial charge in [-0.05, 0) is 30.7 Å². The van der Waals surface area contributed by atoms with E-state index in [4.69, 9.17) is 10.2 Å². The summed E-state index contributed by atoms with van der Waals surface area (Å²) in [6.45, 7) is 2.96. The predicted molar refractivity (Wildman–Crippen MR) is 138 cm³/mol. The van der Waals surface area contributed by atoms with Crippen LogP contribution in [0.4, 0.5) is 5.69 Å². The Morgan fingerprint density at radius 2 is 1.27 bits per heavy atom.